The molecule has 0 aliphatic carbocycles. The van der Waals surface area contributed by atoms with Gasteiger partial charge in [-0.2, -0.15) is 0 Å². The molecule has 0 radical (unpaired) electrons. The van der Waals surface area contributed by atoms with Crippen LogP contribution in [0.15, 0.2) is 215 Å². The summed E-state index contributed by atoms with van der Waals surface area (Å²) in [6.45, 7) is 0. The summed E-state index contributed by atoms with van der Waals surface area (Å²) in [4.78, 5) is 7.09. The molecule has 0 amide bonds. The molecule has 3 heterocycles. The molecule has 3 aromatic heterocycles. The van der Waals surface area contributed by atoms with E-state index >= 15 is 0 Å². The van der Waals surface area contributed by atoms with E-state index < -0.39 is 0 Å². The van der Waals surface area contributed by atoms with E-state index in [1.54, 1.807) is 0 Å². The number of nitrogens with zero attached hydrogens (tertiary/aromatic N) is 2. The molecule has 0 fully saturated rings. The van der Waals surface area contributed by atoms with Crippen molar-refractivity contribution in [3.8, 4) is 44.8 Å². The van der Waals surface area contributed by atoms with Gasteiger partial charge in [-0.3, -0.25) is 0 Å². The smallest absolute Gasteiger partial charge is 0.227 e. The van der Waals surface area contributed by atoms with E-state index in [2.05, 4.69) is 169 Å². The van der Waals surface area contributed by atoms with E-state index in [4.69, 9.17) is 13.8 Å². The predicted octanol–water partition coefficient (Wildman–Crippen LogP) is 16.2. The zero-order valence-corrected chi connectivity index (χ0v) is 33.1. The average molecular weight is 787 g/mol. The molecule has 60 heavy (non-hydrogen) atoms. The third kappa shape index (κ3) is 5.86. The maximum absolute atomic E-state index is 6.45. The minimum atomic E-state index is 0.605. The second-order valence-corrected chi connectivity index (χ2v) is 16.2. The van der Waals surface area contributed by atoms with Gasteiger partial charge in [0.2, 0.25) is 5.89 Å². The highest BCUT2D eigenvalue weighted by atomic mass is 32.1. The second-order valence-electron chi connectivity index (χ2n) is 15.1. The van der Waals surface area contributed by atoms with Gasteiger partial charge in [0.15, 0.2) is 5.58 Å². The molecule has 0 unspecified atom stereocenters. The quantitative estimate of drug-likeness (QED) is 0.161. The largest absolute Gasteiger partial charge is 0.456 e. The van der Waals surface area contributed by atoms with Crippen molar-refractivity contribution in [2.75, 3.05) is 4.90 Å². The zero-order valence-electron chi connectivity index (χ0n) is 32.2. The monoisotopic (exact) mass is 786 g/mol. The lowest BCUT2D eigenvalue weighted by Crippen LogP contribution is -2.09. The maximum atomic E-state index is 6.45. The summed E-state index contributed by atoms with van der Waals surface area (Å²) in [5, 5.41) is 4.68. The number of aromatic nitrogens is 1. The van der Waals surface area contributed by atoms with Crippen molar-refractivity contribution >= 4 is 81.6 Å². The minimum Gasteiger partial charge on any atom is -0.456 e. The van der Waals surface area contributed by atoms with Crippen molar-refractivity contribution in [3.63, 3.8) is 0 Å². The van der Waals surface area contributed by atoms with Gasteiger partial charge in [-0.1, -0.05) is 121 Å². The fourth-order valence-corrected chi connectivity index (χ4v) is 9.70. The first-order chi connectivity index (χ1) is 29.7. The van der Waals surface area contributed by atoms with E-state index in [1.165, 1.54) is 42.4 Å². The van der Waals surface area contributed by atoms with Crippen molar-refractivity contribution in [3.05, 3.63) is 206 Å². The number of oxazole rings is 1. The van der Waals surface area contributed by atoms with Gasteiger partial charge in [0, 0.05) is 59.6 Å². The van der Waals surface area contributed by atoms with Crippen molar-refractivity contribution < 1.29 is 8.83 Å². The van der Waals surface area contributed by atoms with Crippen LogP contribution in [0.1, 0.15) is 0 Å². The summed E-state index contributed by atoms with van der Waals surface area (Å²) in [5.74, 6) is 0.605. The van der Waals surface area contributed by atoms with Crippen LogP contribution in [-0.2, 0) is 0 Å². The van der Waals surface area contributed by atoms with Crippen LogP contribution >= 0.6 is 11.3 Å². The van der Waals surface area contributed by atoms with E-state index in [1.807, 2.05) is 53.8 Å². The second kappa shape index (κ2) is 14.0. The zero-order chi connectivity index (χ0) is 39.6. The fraction of sp³-hybridized carbons (Fsp3) is 0. The number of thiophene rings is 1. The Bertz CT molecular complexity index is 3510. The van der Waals surface area contributed by atoms with Crippen LogP contribution in [0.3, 0.4) is 0 Å². The molecule has 0 saturated heterocycles. The van der Waals surface area contributed by atoms with Gasteiger partial charge >= 0.3 is 0 Å². The van der Waals surface area contributed by atoms with Crippen LogP contribution in [0, 0.1) is 0 Å². The summed E-state index contributed by atoms with van der Waals surface area (Å²) < 4.78 is 15.3. The molecule has 0 aliphatic rings. The summed E-state index contributed by atoms with van der Waals surface area (Å²) in [7, 11) is 0. The molecule has 5 heteroatoms. The lowest BCUT2D eigenvalue weighted by molar-refractivity contribution is 0.620. The Hall–Kier alpha value is -7.73. The van der Waals surface area contributed by atoms with Crippen LogP contribution in [0.4, 0.5) is 17.1 Å². The standard InChI is InChI=1S/C55H34N2O2S/c1-3-10-35(11-4-1)36-18-25-41(26-19-36)57(43-29-22-38(23-30-43)44-15-9-17-53-54(44)46-14-7-8-16-52(46)60-53)42-27-20-37(21-28-42)40-24-31-45-47-33-51-48(34-50(47)58-49(45)32-40)56-55(59-51)39-12-5-2-6-13-39/h1-34H. The maximum Gasteiger partial charge on any atom is 0.227 e. The molecule has 0 aliphatic heterocycles. The number of fused-ring (bicyclic) bond motifs is 7. The molecular formula is C55H34N2O2S. The Morgan fingerprint density at radius 2 is 0.933 bits per heavy atom. The van der Waals surface area contributed by atoms with Crippen molar-refractivity contribution in [2.45, 2.75) is 0 Å². The Balaban J connectivity index is 0.897. The SMILES string of the molecule is c1ccc(-c2ccc(N(c3ccc(-c4ccc5c(c4)oc4cc6nc(-c7ccccc7)oc6cc45)cc3)c3ccc(-c4cccc5sc6ccccc6c45)cc3)cc2)cc1. The van der Waals surface area contributed by atoms with Crippen LogP contribution in [-0.4, -0.2) is 4.98 Å². The highest BCUT2D eigenvalue weighted by Crippen LogP contribution is 2.43. The molecule has 0 spiro atoms. The third-order valence-electron chi connectivity index (χ3n) is 11.5. The number of hydrogen-bond donors (Lipinski definition) is 0. The predicted molar refractivity (Wildman–Crippen MR) is 251 cm³/mol. The number of benzene rings is 9. The number of furan rings is 1. The van der Waals surface area contributed by atoms with Crippen LogP contribution < -0.4 is 4.90 Å². The molecule has 282 valence electrons. The van der Waals surface area contributed by atoms with E-state index in [9.17, 15) is 0 Å². The van der Waals surface area contributed by atoms with Gasteiger partial charge in [0.05, 0.1) is 0 Å². The normalized spacial score (nSPS) is 11.7. The van der Waals surface area contributed by atoms with Gasteiger partial charge in [-0.25, -0.2) is 4.98 Å². The summed E-state index contributed by atoms with van der Waals surface area (Å²) >= 11 is 1.85. The van der Waals surface area contributed by atoms with Crippen LogP contribution in [0.2, 0.25) is 0 Å². The van der Waals surface area contributed by atoms with E-state index in [0.717, 1.165) is 66.8 Å². The first kappa shape index (κ1) is 34.3. The molecule has 4 nitrogen and oxygen atoms in total. The van der Waals surface area contributed by atoms with Gasteiger partial charge < -0.3 is 13.7 Å². The van der Waals surface area contributed by atoms with Crippen molar-refractivity contribution in [1.82, 2.24) is 4.98 Å². The van der Waals surface area contributed by atoms with Crippen molar-refractivity contribution in [1.29, 1.82) is 0 Å². The van der Waals surface area contributed by atoms with Gasteiger partial charge in [0.1, 0.15) is 16.7 Å². The van der Waals surface area contributed by atoms with E-state index in [-0.39, 0.29) is 0 Å². The average Bonchev–Trinajstić information content (AvgIpc) is 4.02. The topological polar surface area (TPSA) is 42.4 Å². The number of anilines is 3. The first-order valence-corrected chi connectivity index (χ1v) is 20.9. The lowest BCUT2D eigenvalue weighted by atomic mass is 9.99. The first-order valence-electron chi connectivity index (χ1n) is 20.1. The number of rotatable bonds is 7. The lowest BCUT2D eigenvalue weighted by Gasteiger charge is -2.26. The number of hydrogen-bond acceptors (Lipinski definition) is 5. The summed E-state index contributed by atoms with van der Waals surface area (Å²) in [6.07, 6.45) is 0. The van der Waals surface area contributed by atoms with Crippen molar-refractivity contribution in [2.24, 2.45) is 0 Å². The molecule has 0 saturated carbocycles. The van der Waals surface area contributed by atoms with Crippen LogP contribution in [0.5, 0.6) is 0 Å². The fourth-order valence-electron chi connectivity index (χ4n) is 8.57. The minimum absolute atomic E-state index is 0.605. The summed E-state index contributed by atoms with van der Waals surface area (Å²) in [6, 6.07) is 73.0. The molecule has 9 aromatic carbocycles. The molecule has 0 bridgehead atoms. The Kier molecular flexibility index (Phi) is 8.00. The third-order valence-corrected chi connectivity index (χ3v) is 12.7. The van der Waals surface area contributed by atoms with Gasteiger partial charge in [-0.05, 0) is 112 Å². The molecular weight excluding hydrogens is 753 g/mol. The molecule has 0 atom stereocenters. The Morgan fingerprint density at radius 3 is 1.65 bits per heavy atom. The molecule has 12 rings (SSSR count). The van der Waals surface area contributed by atoms with E-state index in [0.29, 0.717) is 5.89 Å². The highest BCUT2D eigenvalue weighted by Gasteiger charge is 2.17. The Labute approximate surface area is 349 Å². The molecule has 12 aromatic rings. The Morgan fingerprint density at radius 1 is 0.367 bits per heavy atom. The highest BCUT2D eigenvalue weighted by molar-refractivity contribution is 7.25. The van der Waals surface area contributed by atoms with Gasteiger partial charge in [0.25, 0.3) is 0 Å². The van der Waals surface area contributed by atoms with Crippen LogP contribution in [0.25, 0.3) is 98.0 Å². The van der Waals surface area contributed by atoms with Gasteiger partial charge in [-0.15, -0.1) is 11.3 Å². The molecule has 0 N–H and O–H groups in total. The summed E-state index contributed by atoms with van der Waals surface area (Å²) in [5.41, 5.74) is 14.3.